The Kier molecular flexibility index (Phi) is 7.38. The van der Waals surface area contributed by atoms with Crippen molar-refractivity contribution in [1.29, 1.82) is 0 Å². The van der Waals surface area contributed by atoms with E-state index in [9.17, 15) is 13.2 Å². The van der Waals surface area contributed by atoms with E-state index in [2.05, 4.69) is 5.32 Å². The first-order valence-electron chi connectivity index (χ1n) is 9.52. The second-order valence-electron chi connectivity index (χ2n) is 7.23. The molecule has 0 spiro atoms. The van der Waals surface area contributed by atoms with E-state index < -0.39 is 15.9 Å². The van der Waals surface area contributed by atoms with Crippen LogP contribution in [0.15, 0.2) is 71.6 Å². The first-order chi connectivity index (χ1) is 14.6. The van der Waals surface area contributed by atoms with Crippen LogP contribution in [0.5, 0.6) is 0 Å². The summed E-state index contributed by atoms with van der Waals surface area (Å²) in [6, 6.07) is 18.5. The molecule has 0 aliphatic heterocycles. The summed E-state index contributed by atoms with van der Waals surface area (Å²) in [5, 5.41) is 3.72. The van der Waals surface area contributed by atoms with Crippen molar-refractivity contribution < 1.29 is 13.2 Å². The standard InChI is InChI=1S/C23H22Cl2N2O3S/c1-16-6-10-21(11-7-16)31(29,30)27(14-18-4-3-5-19(24)12-18)15-23(28)26-20-9-8-17(2)22(25)13-20/h3-13H,14-15H2,1-2H3,(H,26,28). The molecular weight excluding hydrogens is 455 g/mol. The molecule has 0 saturated heterocycles. The first kappa shape index (κ1) is 23.3. The maximum absolute atomic E-state index is 13.3. The van der Waals surface area contributed by atoms with Crippen molar-refractivity contribution in [1.82, 2.24) is 4.31 Å². The third-order valence-electron chi connectivity index (χ3n) is 4.68. The Morgan fingerprint density at radius 1 is 0.968 bits per heavy atom. The lowest BCUT2D eigenvalue weighted by molar-refractivity contribution is -0.116. The molecule has 3 aromatic carbocycles. The van der Waals surface area contributed by atoms with Gasteiger partial charge in [-0.25, -0.2) is 8.42 Å². The number of anilines is 1. The number of carbonyl (C=O) groups excluding carboxylic acids is 1. The lowest BCUT2D eigenvalue weighted by Crippen LogP contribution is -2.37. The summed E-state index contributed by atoms with van der Waals surface area (Å²) in [5.74, 6) is -0.474. The monoisotopic (exact) mass is 476 g/mol. The van der Waals surface area contributed by atoms with Crippen LogP contribution < -0.4 is 5.32 Å². The lowest BCUT2D eigenvalue weighted by atomic mass is 10.2. The predicted octanol–water partition coefficient (Wildman–Crippen LogP) is 5.44. The number of rotatable bonds is 7. The number of nitrogens with one attached hydrogen (secondary N) is 1. The van der Waals surface area contributed by atoms with Gasteiger partial charge >= 0.3 is 0 Å². The summed E-state index contributed by atoms with van der Waals surface area (Å²) >= 11 is 12.2. The van der Waals surface area contributed by atoms with Gasteiger partial charge < -0.3 is 5.32 Å². The molecule has 0 fully saturated rings. The quantitative estimate of drug-likeness (QED) is 0.493. The highest BCUT2D eigenvalue weighted by Gasteiger charge is 2.27. The fraction of sp³-hybridized carbons (Fsp3) is 0.174. The van der Waals surface area contributed by atoms with E-state index in [-0.39, 0.29) is 18.0 Å². The smallest absolute Gasteiger partial charge is 0.243 e. The Bertz CT molecular complexity index is 1200. The van der Waals surface area contributed by atoms with Gasteiger partial charge in [0.15, 0.2) is 0 Å². The molecule has 0 bridgehead atoms. The molecule has 0 atom stereocenters. The zero-order valence-corrected chi connectivity index (χ0v) is 19.4. The lowest BCUT2D eigenvalue weighted by Gasteiger charge is -2.22. The van der Waals surface area contributed by atoms with Gasteiger partial charge in [0, 0.05) is 22.3 Å². The second kappa shape index (κ2) is 9.83. The summed E-state index contributed by atoms with van der Waals surface area (Å²) in [6.45, 7) is 3.36. The number of aryl methyl sites for hydroxylation is 2. The molecule has 0 unspecified atom stereocenters. The summed E-state index contributed by atoms with van der Waals surface area (Å²) in [6.07, 6.45) is 0. The van der Waals surface area contributed by atoms with Crippen molar-refractivity contribution in [3.05, 3.63) is 93.5 Å². The minimum Gasteiger partial charge on any atom is -0.325 e. The van der Waals surface area contributed by atoms with E-state index in [4.69, 9.17) is 23.2 Å². The third kappa shape index (κ3) is 6.08. The third-order valence-corrected chi connectivity index (χ3v) is 7.13. The Balaban J connectivity index is 1.88. The minimum atomic E-state index is -3.93. The van der Waals surface area contributed by atoms with E-state index in [1.807, 2.05) is 13.8 Å². The minimum absolute atomic E-state index is 0.00115. The highest BCUT2D eigenvalue weighted by molar-refractivity contribution is 7.89. The molecule has 0 aliphatic carbocycles. The summed E-state index contributed by atoms with van der Waals surface area (Å²) in [7, 11) is -3.93. The maximum atomic E-state index is 13.3. The van der Waals surface area contributed by atoms with E-state index >= 15 is 0 Å². The Hall–Kier alpha value is -2.38. The van der Waals surface area contributed by atoms with Crippen LogP contribution in [0.1, 0.15) is 16.7 Å². The Morgan fingerprint density at radius 2 is 1.68 bits per heavy atom. The maximum Gasteiger partial charge on any atom is 0.243 e. The first-order valence-corrected chi connectivity index (χ1v) is 11.7. The van der Waals surface area contributed by atoms with Gasteiger partial charge in [-0.3, -0.25) is 4.79 Å². The molecule has 0 aliphatic rings. The number of hydrogen-bond acceptors (Lipinski definition) is 3. The molecule has 0 heterocycles. The van der Waals surface area contributed by atoms with Crippen LogP contribution in [-0.4, -0.2) is 25.2 Å². The van der Waals surface area contributed by atoms with Crippen LogP contribution in [-0.2, 0) is 21.4 Å². The zero-order valence-electron chi connectivity index (χ0n) is 17.1. The van der Waals surface area contributed by atoms with Gasteiger partial charge in [0.1, 0.15) is 0 Å². The van der Waals surface area contributed by atoms with Gasteiger partial charge in [0.05, 0.1) is 11.4 Å². The Morgan fingerprint density at radius 3 is 2.32 bits per heavy atom. The van der Waals surface area contributed by atoms with E-state index in [0.717, 1.165) is 15.4 Å². The molecule has 8 heteroatoms. The van der Waals surface area contributed by atoms with Crippen LogP contribution >= 0.6 is 23.2 Å². The molecule has 0 saturated carbocycles. The largest absolute Gasteiger partial charge is 0.325 e. The molecule has 0 aromatic heterocycles. The molecule has 162 valence electrons. The number of halogens is 2. The predicted molar refractivity (Wildman–Crippen MR) is 125 cm³/mol. The van der Waals surface area contributed by atoms with Gasteiger partial charge in [-0.2, -0.15) is 4.31 Å². The topological polar surface area (TPSA) is 66.5 Å². The van der Waals surface area contributed by atoms with Gasteiger partial charge in [-0.15, -0.1) is 0 Å². The van der Waals surface area contributed by atoms with Gasteiger partial charge in [0.25, 0.3) is 0 Å². The van der Waals surface area contributed by atoms with Crippen molar-refractivity contribution in [2.24, 2.45) is 0 Å². The SMILES string of the molecule is Cc1ccc(S(=O)(=O)N(CC(=O)Nc2ccc(C)c(Cl)c2)Cc2cccc(Cl)c2)cc1. The van der Waals surface area contributed by atoms with Crippen LogP contribution in [0.2, 0.25) is 10.0 Å². The normalized spacial score (nSPS) is 11.5. The number of sulfonamides is 1. The van der Waals surface area contributed by atoms with E-state index in [0.29, 0.717) is 21.3 Å². The highest BCUT2D eigenvalue weighted by Crippen LogP contribution is 2.22. The van der Waals surface area contributed by atoms with E-state index in [1.54, 1.807) is 54.6 Å². The van der Waals surface area contributed by atoms with Crippen molar-refractivity contribution >= 4 is 44.8 Å². The summed E-state index contributed by atoms with van der Waals surface area (Å²) in [4.78, 5) is 12.8. The van der Waals surface area contributed by atoms with Crippen LogP contribution in [0.25, 0.3) is 0 Å². The zero-order chi connectivity index (χ0) is 22.6. The molecule has 3 rings (SSSR count). The van der Waals surface area contributed by atoms with Gasteiger partial charge in [-0.1, -0.05) is 59.1 Å². The molecule has 1 N–H and O–H groups in total. The molecule has 0 radical (unpaired) electrons. The number of nitrogens with zero attached hydrogens (tertiary/aromatic N) is 1. The molecule has 5 nitrogen and oxygen atoms in total. The fourth-order valence-corrected chi connectivity index (χ4v) is 4.73. The van der Waals surface area contributed by atoms with Gasteiger partial charge in [0.2, 0.25) is 15.9 Å². The number of benzene rings is 3. The van der Waals surface area contributed by atoms with Crippen molar-refractivity contribution in [3.63, 3.8) is 0 Å². The number of carbonyl (C=O) groups is 1. The second-order valence-corrected chi connectivity index (χ2v) is 10.0. The number of amides is 1. The molecule has 31 heavy (non-hydrogen) atoms. The Labute approximate surface area is 192 Å². The fourth-order valence-electron chi connectivity index (χ4n) is 2.96. The van der Waals surface area contributed by atoms with Crippen molar-refractivity contribution in [2.75, 3.05) is 11.9 Å². The summed E-state index contributed by atoms with van der Waals surface area (Å²) in [5.41, 5.74) is 2.99. The average molecular weight is 477 g/mol. The molecular formula is C23H22Cl2N2O3S. The molecule has 3 aromatic rings. The van der Waals surface area contributed by atoms with Crippen LogP contribution in [0, 0.1) is 13.8 Å². The molecule has 1 amide bonds. The van der Waals surface area contributed by atoms with Crippen LogP contribution in [0.3, 0.4) is 0 Å². The van der Waals surface area contributed by atoms with Crippen molar-refractivity contribution in [3.8, 4) is 0 Å². The number of hydrogen-bond donors (Lipinski definition) is 1. The average Bonchev–Trinajstić information content (AvgIpc) is 2.70. The van der Waals surface area contributed by atoms with E-state index in [1.165, 1.54) is 12.1 Å². The van der Waals surface area contributed by atoms with Crippen LogP contribution in [0.4, 0.5) is 5.69 Å². The summed E-state index contributed by atoms with van der Waals surface area (Å²) < 4.78 is 27.8. The highest BCUT2D eigenvalue weighted by atomic mass is 35.5. The van der Waals surface area contributed by atoms with Crippen molar-refractivity contribution in [2.45, 2.75) is 25.3 Å². The van der Waals surface area contributed by atoms with Gasteiger partial charge in [-0.05, 0) is 61.4 Å².